The van der Waals surface area contributed by atoms with E-state index in [1.165, 1.54) is 0 Å². The fraction of sp³-hybridized carbons (Fsp3) is 0.562. The minimum Gasteiger partial charge on any atom is -0.386 e. The molecule has 2 aromatic rings. The smallest absolute Gasteiger partial charge is 0.137 e. The van der Waals surface area contributed by atoms with E-state index in [0.717, 1.165) is 37.2 Å². The number of pyridine rings is 1. The van der Waals surface area contributed by atoms with Crippen LogP contribution >= 0.6 is 0 Å². The highest BCUT2D eigenvalue weighted by Gasteiger charge is 2.43. The Labute approximate surface area is 123 Å². The average molecular weight is 288 g/mol. The number of aliphatic hydroxyl groups excluding tert-OH is 1. The lowest BCUT2D eigenvalue weighted by Gasteiger charge is -2.38. The predicted octanol–water partition coefficient (Wildman–Crippen LogP) is 1.95. The maximum atomic E-state index is 10.7. The molecule has 1 spiro atoms. The third-order valence-electron chi connectivity index (χ3n) is 4.73. The zero-order valence-corrected chi connectivity index (χ0v) is 11.9. The SMILES string of the molecule is OC(c1cn2ccccc2n1)C1CCOC2(CCOC2)C1. The quantitative estimate of drug-likeness (QED) is 0.917. The van der Waals surface area contributed by atoms with Crippen LogP contribution in [0.25, 0.3) is 5.65 Å². The van der Waals surface area contributed by atoms with Gasteiger partial charge in [-0.15, -0.1) is 0 Å². The van der Waals surface area contributed by atoms with Crippen molar-refractivity contribution in [2.24, 2.45) is 5.92 Å². The average Bonchev–Trinajstić information content (AvgIpc) is 3.13. The second-order valence-electron chi connectivity index (χ2n) is 6.16. The van der Waals surface area contributed by atoms with Gasteiger partial charge in [0.25, 0.3) is 0 Å². The van der Waals surface area contributed by atoms with Crippen molar-refractivity contribution in [3.63, 3.8) is 0 Å². The summed E-state index contributed by atoms with van der Waals surface area (Å²) in [5.41, 5.74) is 1.45. The Morgan fingerprint density at radius 1 is 1.38 bits per heavy atom. The third kappa shape index (κ3) is 2.35. The monoisotopic (exact) mass is 288 g/mol. The van der Waals surface area contributed by atoms with Gasteiger partial charge in [-0.3, -0.25) is 0 Å². The van der Waals surface area contributed by atoms with Gasteiger partial charge in [0, 0.05) is 32.0 Å². The molecule has 0 radical (unpaired) electrons. The lowest BCUT2D eigenvalue weighted by molar-refractivity contribution is -0.117. The molecule has 4 rings (SSSR count). The van der Waals surface area contributed by atoms with Gasteiger partial charge in [0.05, 0.1) is 17.9 Å². The van der Waals surface area contributed by atoms with Gasteiger partial charge in [0.15, 0.2) is 0 Å². The Hall–Kier alpha value is -1.43. The minimum absolute atomic E-state index is 0.178. The number of rotatable bonds is 2. The van der Waals surface area contributed by atoms with Gasteiger partial charge in [-0.2, -0.15) is 0 Å². The van der Waals surface area contributed by atoms with Crippen LogP contribution in [0.1, 0.15) is 31.1 Å². The molecular formula is C16H20N2O3. The summed E-state index contributed by atoms with van der Waals surface area (Å²) in [5, 5.41) is 10.7. The van der Waals surface area contributed by atoms with Crippen molar-refractivity contribution < 1.29 is 14.6 Å². The van der Waals surface area contributed by atoms with Crippen molar-refractivity contribution in [3.05, 3.63) is 36.3 Å². The van der Waals surface area contributed by atoms with Gasteiger partial charge >= 0.3 is 0 Å². The Balaban J connectivity index is 1.57. The molecule has 3 atom stereocenters. The maximum absolute atomic E-state index is 10.7. The first-order valence-electron chi connectivity index (χ1n) is 7.59. The van der Waals surface area contributed by atoms with Crippen molar-refractivity contribution in [2.75, 3.05) is 19.8 Å². The van der Waals surface area contributed by atoms with Crippen LogP contribution in [-0.4, -0.2) is 39.9 Å². The number of aromatic nitrogens is 2. The zero-order chi connectivity index (χ0) is 14.3. The van der Waals surface area contributed by atoms with Crippen LogP contribution in [-0.2, 0) is 9.47 Å². The molecule has 21 heavy (non-hydrogen) atoms. The van der Waals surface area contributed by atoms with E-state index in [9.17, 15) is 5.11 Å². The first kappa shape index (κ1) is 13.2. The van der Waals surface area contributed by atoms with Crippen LogP contribution in [0.15, 0.2) is 30.6 Å². The second kappa shape index (κ2) is 5.09. The Morgan fingerprint density at radius 3 is 3.14 bits per heavy atom. The lowest BCUT2D eigenvalue weighted by Crippen LogP contribution is -2.41. The molecular weight excluding hydrogens is 268 g/mol. The van der Waals surface area contributed by atoms with E-state index in [1.54, 1.807) is 0 Å². The largest absolute Gasteiger partial charge is 0.386 e. The summed E-state index contributed by atoms with van der Waals surface area (Å²) in [6, 6.07) is 5.87. The normalized spacial score (nSPS) is 31.0. The number of hydrogen-bond donors (Lipinski definition) is 1. The number of ether oxygens (including phenoxy) is 2. The van der Waals surface area contributed by atoms with Crippen molar-refractivity contribution in [3.8, 4) is 0 Å². The molecule has 1 N–H and O–H groups in total. The molecule has 0 bridgehead atoms. The van der Waals surface area contributed by atoms with Crippen molar-refractivity contribution in [1.29, 1.82) is 0 Å². The fourth-order valence-corrected chi connectivity index (χ4v) is 3.54. The Bertz CT molecular complexity index is 600. The molecule has 2 aliphatic heterocycles. The van der Waals surface area contributed by atoms with E-state index >= 15 is 0 Å². The number of hydrogen-bond acceptors (Lipinski definition) is 4. The number of nitrogens with zero attached hydrogens (tertiary/aromatic N) is 2. The van der Waals surface area contributed by atoms with Crippen LogP contribution in [0, 0.1) is 5.92 Å². The van der Waals surface area contributed by atoms with Gasteiger partial charge in [0.2, 0.25) is 0 Å². The highest BCUT2D eigenvalue weighted by Crippen LogP contribution is 2.40. The van der Waals surface area contributed by atoms with Gasteiger partial charge in [-0.05, 0) is 30.9 Å². The lowest BCUT2D eigenvalue weighted by atomic mass is 9.81. The zero-order valence-electron chi connectivity index (χ0n) is 11.9. The number of aliphatic hydroxyl groups is 1. The summed E-state index contributed by atoms with van der Waals surface area (Å²) in [4.78, 5) is 4.54. The van der Waals surface area contributed by atoms with Crippen LogP contribution in [0.5, 0.6) is 0 Å². The molecule has 0 aliphatic carbocycles. The molecule has 2 aromatic heterocycles. The summed E-state index contributed by atoms with van der Waals surface area (Å²) in [7, 11) is 0. The predicted molar refractivity (Wildman–Crippen MR) is 77.0 cm³/mol. The summed E-state index contributed by atoms with van der Waals surface area (Å²) in [6.07, 6.45) is 5.99. The first-order valence-corrected chi connectivity index (χ1v) is 7.59. The molecule has 0 amide bonds. The van der Waals surface area contributed by atoms with E-state index < -0.39 is 6.10 Å². The number of imidazole rings is 1. The maximum Gasteiger partial charge on any atom is 0.137 e. The standard InChI is InChI=1S/C16H20N2O3/c19-15(13-10-18-6-2-1-3-14(18)17-13)12-4-7-21-16(9-12)5-8-20-11-16/h1-3,6,10,12,15,19H,4-5,7-9,11H2. The van der Waals surface area contributed by atoms with E-state index in [-0.39, 0.29) is 11.5 Å². The topological polar surface area (TPSA) is 56.0 Å². The summed E-state index contributed by atoms with van der Waals surface area (Å²) in [6.45, 7) is 2.11. The molecule has 2 saturated heterocycles. The van der Waals surface area contributed by atoms with Gasteiger partial charge in [-0.25, -0.2) is 4.98 Å². The fourth-order valence-electron chi connectivity index (χ4n) is 3.54. The second-order valence-corrected chi connectivity index (χ2v) is 6.16. The van der Waals surface area contributed by atoms with Crippen LogP contribution in [0.2, 0.25) is 0 Å². The molecule has 5 heteroatoms. The highest BCUT2D eigenvalue weighted by molar-refractivity contribution is 5.39. The Morgan fingerprint density at radius 2 is 2.33 bits per heavy atom. The van der Waals surface area contributed by atoms with Crippen LogP contribution < -0.4 is 0 Å². The molecule has 0 saturated carbocycles. The highest BCUT2D eigenvalue weighted by atomic mass is 16.6. The van der Waals surface area contributed by atoms with Gasteiger partial charge in [0.1, 0.15) is 11.8 Å². The molecule has 0 aromatic carbocycles. The van der Waals surface area contributed by atoms with Gasteiger partial charge in [-0.1, -0.05) is 6.07 Å². The van der Waals surface area contributed by atoms with Gasteiger partial charge < -0.3 is 19.0 Å². The molecule has 112 valence electrons. The van der Waals surface area contributed by atoms with Crippen molar-refractivity contribution >= 4 is 5.65 Å². The molecule has 5 nitrogen and oxygen atoms in total. The summed E-state index contributed by atoms with van der Waals surface area (Å²) >= 11 is 0. The number of fused-ring (bicyclic) bond motifs is 1. The van der Waals surface area contributed by atoms with Crippen LogP contribution in [0.3, 0.4) is 0 Å². The Kier molecular flexibility index (Phi) is 3.21. The molecule has 4 heterocycles. The van der Waals surface area contributed by atoms with Crippen LogP contribution in [0.4, 0.5) is 0 Å². The molecule has 2 fully saturated rings. The third-order valence-corrected chi connectivity index (χ3v) is 4.73. The van der Waals surface area contributed by atoms with E-state index in [1.807, 2.05) is 35.0 Å². The first-order chi connectivity index (χ1) is 10.3. The van der Waals surface area contributed by atoms with E-state index in [2.05, 4.69) is 4.98 Å². The van der Waals surface area contributed by atoms with E-state index in [0.29, 0.717) is 13.2 Å². The van der Waals surface area contributed by atoms with Crippen molar-refractivity contribution in [2.45, 2.75) is 31.0 Å². The van der Waals surface area contributed by atoms with E-state index in [4.69, 9.17) is 9.47 Å². The summed E-state index contributed by atoms with van der Waals surface area (Å²) in [5.74, 6) is 0.186. The summed E-state index contributed by atoms with van der Waals surface area (Å²) < 4.78 is 13.4. The molecule has 2 aliphatic rings. The van der Waals surface area contributed by atoms with Crippen molar-refractivity contribution in [1.82, 2.24) is 9.38 Å². The molecule has 3 unspecified atom stereocenters. The minimum atomic E-state index is -0.536.